The summed E-state index contributed by atoms with van der Waals surface area (Å²) in [6, 6.07) is 7.41. The molecule has 0 bridgehead atoms. The van der Waals surface area contributed by atoms with Crippen LogP contribution < -0.4 is 10.1 Å². The van der Waals surface area contributed by atoms with E-state index in [9.17, 15) is 8.42 Å². The van der Waals surface area contributed by atoms with Crippen LogP contribution in [0.15, 0.2) is 24.3 Å². The van der Waals surface area contributed by atoms with Gasteiger partial charge in [0.2, 0.25) is 10.0 Å². The summed E-state index contributed by atoms with van der Waals surface area (Å²) in [5, 5.41) is 3.10. The van der Waals surface area contributed by atoms with E-state index in [1.54, 1.807) is 14.2 Å². The Labute approximate surface area is 122 Å². The van der Waals surface area contributed by atoms with Crippen LogP contribution in [0.4, 0.5) is 0 Å². The summed E-state index contributed by atoms with van der Waals surface area (Å²) in [7, 11) is 0.00150. The highest BCUT2D eigenvalue weighted by Gasteiger charge is 2.17. The number of hydrogen-bond donors (Lipinski definition) is 1. The molecule has 1 rings (SSSR count). The maximum absolute atomic E-state index is 12.1. The second-order valence-electron chi connectivity index (χ2n) is 4.67. The third-order valence-corrected chi connectivity index (χ3v) is 4.80. The number of sulfonamides is 1. The van der Waals surface area contributed by atoms with Crippen LogP contribution in [0.1, 0.15) is 18.9 Å². The summed E-state index contributed by atoms with van der Waals surface area (Å²) >= 11 is 0. The maximum Gasteiger partial charge on any atom is 0.215 e. The Balaban J connectivity index is 2.52. The molecule has 1 aromatic carbocycles. The highest BCUT2D eigenvalue weighted by atomic mass is 32.2. The molecule has 0 saturated carbocycles. The first kappa shape index (κ1) is 16.9. The average Bonchev–Trinajstić information content (AvgIpc) is 2.44. The van der Waals surface area contributed by atoms with Gasteiger partial charge in [0.1, 0.15) is 5.75 Å². The first-order chi connectivity index (χ1) is 9.49. The van der Waals surface area contributed by atoms with Crippen molar-refractivity contribution in [1.82, 2.24) is 9.62 Å². The standard InChI is InChI=1S/C14H24N2O3S/c1-4-9-15-10-11-20(17,18)16(2)12-13-5-7-14(19-3)8-6-13/h5-8,15H,4,9-12H2,1-3H3. The van der Waals surface area contributed by atoms with E-state index in [-0.39, 0.29) is 5.75 Å². The molecule has 5 nitrogen and oxygen atoms in total. The quantitative estimate of drug-likeness (QED) is 0.701. The Hall–Kier alpha value is -1.11. The topological polar surface area (TPSA) is 58.6 Å². The van der Waals surface area contributed by atoms with E-state index in [0.29, 0.717) is 13.1 Å². The minimum Gasteiger partial charge on any atom is -0.497 e. The molecule has 0 fully saturated rings. The van der Waals surface area contributed by atoms with E-state index in [1.807, 2.05) is 24.3 Å². The highest BCUT2D eigenvalue weighted by Crippen LogP contribution is 2.13. The lowest BCUT2D eigenvalue weighted by molar-refractivity contribution is 0.414. The molecule has 0 aliphatic heterocycles. The average molecular weight is 300 g/mol. The molecule has 0 atom stereocenters. The maximum atomic E-state index is 12.1. The summed E-state index contributed by atoms with van der Waals surface area (Å²) in [4.78, 5) is 0. The molecule has 0 saturated heterocycles. The number of benzene rings is 1. The van der Waals surface area contributed by atoms with E-state index in [1.165, 1.54) is 4.31 Å². The van der Waals surface area contributed by atoms with Crippen LogP contribution in [0.25, 0.3) is 0 Å². The molecule has 1 aromatic rings. The SMILES string of the molecule is CCCNCCS(=O)(=O)N(C)Cc1ccc(OC)cc1. The van der Waals surface area contributed by atoms with E-state index in [0.717, 1.165) is 24.3 Å². The molecule has 0 unspecified atom stereocenters. The van der Waals surface area contributed by atoms with Gasteiger partial charge in [-0.1, -0.05) is 19.1 Å². The fraction of sp³-hybridized carbons (Fsp3) is 0.571. The number of rotatable bonds is 9. The van der Waals surface area contributed by atoms with E-state index >= 15 is 0 Å². The summed E-state index contributed by atoms with van der Waals surface area (Å²) < 4.78 is 30.6. The number of nitrogens with one attached hydrogen (secondary N) is 1. The number of ether oxygens (including phenoxy) is 1. The Morgan fingerprint density at radius 2 is 1.85 bits per heavy atom. The monoisotopic (exact) mass is 300 g/mol. The third-order valence-electron chi connectivity index (χ3n) is 3.00. The van der Waals surface area contributed by atoms with E-state index < -0.39 is 10.0 Å². The number of methoxy groups -OCH3 is 1. The predicted molar refractivity (Wildman–Crippen MR) is 81.4 cm³/mol. The van der Waals surface area contributed by atoms with Gasteiger partial charge in [0.15, 0.2) is 0 Å². The molecule has 0 heterocycles. The molecule has 1 N–H and O–H groups in total. The smallest absolute Gasteiger partial charge is 0.215 e. The van der Waals surface area contributed by atoms with Crippen LogP contribution in [0.5, 0.6) is 5.75 Å². The second kappa shape index (κ2) is 8.24. The summed E-state index contributed by atoms with van der Waals surface area (Å²) in [5.74, 6) is 0.891. The molecule has 0 aromatic heterocycles. The van der Waals surface area contributed by atoms with Gasteiger partial charge in [-0.15, -0.1) is 0 Å². The van der Waals surface area contributed by atoms with Crippen molar-refractivity contribution in [2.75, 3.05) is 33.0 Å². The minimum absolute atomic E-state index is 0.125. The van der Waals surface area contributed by atoms with Crippen LogP contribution in [-0.4, -0.2) is 45.7 Å². The van der Waals surface area contributed by atoms with Gasteiger partial charge >= 0.3 is 0 Å². The molecule has 0 aliphatic rings. The molecule has 0 amide bonds. The molecule has 20 heavy (non-hydrogen) atoms. The van der Waals surface area contributed by atoms with Crippen molar-refractivity contribution in [2.24, 2.45) is 0 Å². The van der Waals surface area contributed by atoms with Crippen molar-refractivity contribution < 1.29 is 13.2 Å². The lowest BCUT2D eigenvalue weighted by atomic mass is 10.2. The summed E-state index contributed by atoms with van der Waals surface area (Å²) in [5.41, 5.74) is 0.943. The minimum atomic E-state index is -3.22. The van der Waals surface area contributed by atoms with Crippen molar-refractivity contribution in [2.45, 2.75) is 19.9 Å². The van der Waals surface area contributed by atoms with Gasteiger partial charge in [0.25, 0.3) is 0 Å². The summed E-state index contributed by atoms with van der Waals surface area (Å²) in [6.07, 6.45) is 1.00. The Kier molecular flexibility index (Phi) is 6.98. The summed E-state index contributed by atoms with van der Waals surface area (Å²) in [6.45, 7) is 3.76. The van der Waals surface area contributed by atoms with Crippen LogP contribution >= 0.6 is 0 Å². The van der Waals surface area contributed by atoms with Gasteiger partial charge in [0, 0.05) is 20.1 Å². The van der Waals surface area contributed by atoms with Crippen molar-refractivity contribution in [3.63, 3.8) is 0 Å². The van der Waals surface area contributed by atoms with Gasteiger partial charge in [-0.25, -0.2) is 12.7 Å². The lowest BCUT2D eigenvalue weighted by Crippen LogP contribution is -2.33. The largest absolute Gasteiger partial charge is 0.497 e. The predicted octanol–water partition coefficient (Wildman–Crippen LogP) is 1.46. The highest BCUT2D eigenvalue weighted by molar-refractivity contribution is 7.89. The van der Waals surface area contributed by atoms with Gasteiger partial charge in [0.05, 0.1) is 12.9 Å². The Bertz CT molecular complexity index is 486. The molecular weight excluding hydrogens is 276 g/mol. The number of nitrogens with zero attached hydrogens (tertiary/aromatic N) is 1. The van der Waals surface area contributed by atoms with Crippen LogP contribution in [0, 0.1) is 0 Å². The van der Waals surface area contributed by atoms with Crippen molar-refractivity contribution in [3.05, 3.63) is 29.8 Å². The van der Waals surface area contributed by atoms with E-state index in [2.05, 4.69) is 12.2 Å². The lowest BCUT2D eigenvalue weighted by Gasteiger charge is -2.17. The van der Waals surface area contributed by atoms with Crippen LogP contribution in [0.3, 0.4) is 0 Å². The van der Waals surface area contributed by atoms with Gasteiger partial charge in [-0.2, -0.15) is 0 Å². The van der Waals surface area contributed by atoms with Crippen molar-refractivity contribution in [1.29, 1.82) is 0 Å². The fourth-order valence-corrected chi connectivity index (χ4v) is 2.80. The Morgan fingerprint density at radius 3 is 2.40 bits per heavy atom. The van der Waals surface area contributed by atoms with Crippen LogP contribution in [-0.2, 0) is 16.6 Å². The van der Waals surface area contributed by atoms with Crippen molar-refractivity contribution in [3.8, 4) is 5.75 Å². The molecule has 0 radical (unpaired) electrons. The van der Waals surface area contributed by atoms with Crippen LogP contribution in [0.2, 0.25) is 0 Å². The van der Waals surface area contributed by atoms with Gasteiger partial charge < -0.3 is 10.1 Å². The normalized spacial score (nSPS) is 11.8. The fourth-order valence-electron chi connectivity index (χ4n) is 1.75. The zero-order valence-electron chi connectivity index (χ0n) is 12.4. The first-order valence-electron chi connectivity index (χ1n) is 6.77. The second-order valence-corrected chi connectivity index (χ2v) is 6.87. The van der Waals surface area contributed by atoms with Crippen molar-refractivity contribution >= 4 is 10.0 Å². The number of hydrogen-bond acceptors (Lipinski definition) is 4. The third kappa shape index (κ3) is 5.48. The zero-order valence-corrected chi connectivity index (χ0v) is 13.2. The molecule has 6 heteroatoms. The zero-order chi connectivity index (χ0) is 15.0. The van der Waals surface area contributed by atoms with Gasteiger partial charge in [-0.3, -0.25) is 0 Å². The molecular formula is C14H24N2O3S. The van der Waals surface area contributed by atoms with E-state index in [4.69, 9.17) is 4.74 Å². The molecule has 0 spiro atoms. The first-order valence-corrected chi connectivity index (χ1v) is 8.38. The Morgan fingerprint density at radius 1 is 1.20 bits per heavy atom. The molecule has 0 aliphatic carbocycles. The molecule has 114 valence electrons. The van der Waals surface area contributed by atoms with Gasteiger partial charge in [-0.05, 0) is 30.7 Å².